The molecule has 1 saturated heterocycles. The number of cyclic esters (lactones) is 1. The summed E-state index contributed by atoms with van der Waals surface area (Å²) >= 11 is 0. The maximum Gasteiger partial charge on any atom is 0.414 e. The molecule has 2 atom stereocenters. The van der Waals surface area contributed by atoms with Crippen LogP contribution in [0.3, 0.4) is 0 Å². The molecule has 2 rings (SSSR count). The zero-order valence-corrected chi connectivity index (χ0v) is 16.0. The number of esters is 1. The van der Waals surface area contributed by atoms with E-state index in [1.54, 1.807) is 31.2 Å². The van der Waals surface area contributed by atoms with E-state index in [-0.39, 0.29) is 13.2 Å². The van der Waals surface area contributed by atoms with Crippen molar-refractivity contribution in [1.29, 1.82) is 5.26 Å². The number of hydrogen-bond donors (Lipinski definition) is 0. The van der Waals surface area contributed by atoms with Crippen molar-refractivity contribution >= 4 is 12.1 Å². The molecule has 0 aromatic heterocycles. The number of nitrogens with zero attached hydrogens (tertiary/aromatic N) is 2. The van der Waals surface area contributed by atoms with Crippen LogP contribution in [0, 0.1) is 16.7 Å². The van der Waals surface area contributed by atoms with E-state index < -0.39 is 29.2 Å². The molecule has 144 valence electrons. The number of benzene rings is 1. The van der Waals surface area contributed by atoms with Crippen LogP contribution in [0.25, 0.3) is 0 Å². The standard InChI is InChI=1S/C20H24N2O5/c1-6-11-25-18(24)22-16(19(2,3)4)27-17(23)20(22,5)13-26-15-9-7-14(12-21)8-10-15/h6-10,16H,1,11,13H2,2-5H3/t16-,20+/m1/s1. The summed E-state index contributed by atoms with van der Waals surface area (Å²) in [5.74, 6) is -0.0896. The van der Waals surface area contributed by atoms with Crippen LogP contribution in [0.2, 0.25) is 0 Å². The average Bonchev–Trinajstić information content (AvgIpc) is 2.90. The SMILES string of the molecule is C=CCOC(=O)N1[C@@H](C(C)(C)C)OC(=O)[C@]1(C)COc1ccc(C#N)cc1. The van der Waals surface area contributed by atoms with Crippen LogP contribution >= 0.6 is 0 Å². The molecule has 0 radical (unpaired) electrons. The van der Waals surface area contributed by atoms with Gasteiger partial charge >= 0.3 is 12.1 Å². The number of carbonyl (C=O) groups is 2. The van der Waals surface area contributed by atoms with Crippen molar-refractivity contribution in [2.75, 3.05) is 13.2 Å². The van der Waals surface area contributed by atoms with Gasteiger partial charge in [-0.2, -0.15) is 5.26 Å². The van der Waals surface area contributed by atoms with Gasteiger partial charge in [0.1, 0.15) is 19.0 Å². The zero-order valence-electron chi connectivity index (χ0n) is 16.0. The number of ether oxygens (including phenoxy) is 3. The Morgan fingerprint density at radius 1 is 1.41 bits per heavy atom. The van der Waals surface area contributed by atoms with E-state index in [4.69, 9.17) is 19.5 Å². The van der Waals surface area contributed by atoms with Gasteiger partial charge in [-0.3, -0.25) is 4.90 Å². The van der Waals surface area contributed by atoms with Crippen molar-refractivity contribution in [3.05, 3.63) is 42.5 Å². The number of amides is 1. The average molecular weight is 372 g/mol. The molecular weight excluding hydrogens is 348 g/mol. The summed E-state index contributed by atoms with van der Waals surface area (Å²) in [6, 6.07) is 8.50. The second kappa shape index (κ2) is 7.70. The van der Waals surface area contributed by atoms with Gasteiger partial charge in [0.2, 0.25) is 0 Å². The highest BCUT2D eigenvalue weighted by Gasteiger charge is 2.59. The molecule has 1 heterocycles. The maximum absolute atomic E-state index is 12.6. The van der Waals surface area contributed by atoms with Gasteiger partial charge in [0.15, 0.2) is 11.8 Å². The summed E-state index contributed by atoms with van der Waals surface area (Å²) in [6.07, 6.45) is -0.0173. The predicted molar refractivity (Wildman–Crippen MR) is 97.8 cm³/mol. The van der Waals surface area contributed by atoms with Gasteiger partial charge in [0.05, 0.1) is 11.6 Å². The Labute approximate surface area is 159 Å². The van der Waals surface area contributed by atoms with Crippen LogP contribution in [-0.4, -0.2) is 41.9 Å². The summed E-state index contributed by atoms with van der Waals surface area (Å²) in [5.41, 5.74) is -1.38. The molecule has 0 aliphatic carbocycles. The minimum atomic E-state index is -1.36. The van der Waals surface area contributed by atoms with E-state index in [9.17, 15) is 9.59 Å². The molecule has 0 bridgehead atoms. The Balaban J connectivity index is 2.27. The molecule has 1 aliphatic rings. The second-order valence-corrected chi connectivity index (χ2v) is 7.56. The Hall–Kier alpha value is -3.01. The fourth-order valence-corrected chi connectivity index (χ4v) is 2.68. The third-order valence-electron chi connectivity index (χ3n) is 4.19. The Bertz CT molecular complexity index is 760. The monoisotopic (exact) mass is 372 g/mol. The highest BCUT2D eigenvalue weighted by molar-refractivity contribution is 5.88. The van der Waals surface area contributed by atoms with E-state index in [2.05, 4.69) is 6.58 Å². The van der Waals surface area contributed by atoms with Gasteiger partial charge in [-0.15, -0.1) is 0 Å². The molecule has 1 aliphatic heterocycles. The fraction of sp³-hybridized carbons (Fsp3) is 0.450. The first kappa shape index (κ1) is 20.3. The van der Waals surface area contributed by atoms with E-state index >= 15 is 0 Å². The van der Waals surface area contributed by atoms with Gasteiger partial charge in [0, 0.05) is 5.41 Å². The molecule has 1 aromatic carbocycles. The van der Waals surface area contributed by atoms with Crippen LogP contribution < -0.4 is 4.74 Å². The number of hydrogen-bond acceptors (Lipinski definition) is 6. The molecular formula is C20H24N2O5. The highest BCUT2D eigenvalue weighted by Crippen LogP contribution is 2.38. The lowest BCUT2D eigenvalue weighted by Gasteiger charge is -2.37. The van der Waals surface area contributed by atoms with Crippen LogP contribution in [0.1, 0.15) is 33.3 Å². The maximum atomic E-state index is 12.6. The summed E-state index contributed by atoms with van der Waals surface area (Å²) < 4.78 is 16.4. The van der Waals surface area contributed by atoms with Gasteiger partial charge in [-0.05, 0) is 31.2 Å². The summed E-state index contributed by atoms with van der Waals surface area (Å²) in [5, 5.41) is 8.86. The molecule has 0 N–H and O–H groups in total. The van der Waals surface area contributed by atoms with E-state index in [0.717, 1.165) is 0 Å². The van der Waals surface area contributed by atoms with Crippen molar-refractivity contribution in [1.82, 2.24) is 4.90 Å². The Morgan fingerprint density at radius 3 is 2.56 bits per heavy atom. The van der Waals surface area contributed by atoms with E-state index in [1.165, 1.54) is 11.0 Å². The van der Waals surface area contributed by atoms with Crippen LogP contribution in [0.4, 0.5) is 4.79 Å². The van der Waals surface area contributed by atoms with Gasteiger partial charge in [-0.25, -0.2) is 9.59 Å². The molecule has 7 heteroatoms. The third-order valence-corrected chi connectivity index (χ3v) is 4.19. The lowest BCUT2D eigenvalue weighted by Crippen LogP contribution is -2.57. The van der Waals surface area contributed by atoms with Crippen molar-refractivity contribution in [2.24, 2.45) is 5.41 Å². The molecule has 0 saturated carbocycles. The molecule has 0 unspecified atom stereocenters. The van der Waals surface area contributed by atoms with E-state index in [0.29, 0.717) is 11.3 Å². The normalized spacial score (nSPS) is 22.0. The topological polar surface area (TPSA) is 88.9 Å². The minimum Gasteiger partial charge on any atom is -0.491 e. The van der Waals surface area contributed by atoms with Gasteiger partial charge < -0.3 is 14.2 Å². The lowest BCUT2D eigenvalue weighted by atomic mass is 9.92. The zero-order chi connectivity index (χ0) is 20.2. The summed E-state index contributed by atoms with van der Waals surface area (Å²) in [4.78, 5) is 26.6. The summed E-state index contributed by atoms with van der Waals surface area (Å²) in [6.45, 7) is 10.6. The van der Waals surface area contributed by atoms with Crippen molar-refractivity contribution in [3.8, 4) is 11.8 Å². The van der Waals surface area contributed by atoms with E-state index in [1.807, 2.05) is 26.8 Å². The fourth-order valence-electron chi connectivity index (χ4n) is 2.68. The predicted octanol–water partition coefficient (Wildman–Crippen LogP) is 3.25. The molecule has 1 aromatic rings. The number of rotatable bonds is 5. The molecule has 27 heavy (non-hydrogen) atoms. The quantitative estimate of drug-likeness (QED) is 0.582. The van der Waals surface area contributed by atoms with Crippen LogP contribution in [0.5, 0.6) is 5.75 Å². The third kappa shape index (κ3) is 4.22. The van der Waals surface area contributed by atoms with Crippen molar-refractivity contribution in [3.63, 3.8) is 0 Å². The Kier molecular flexibility index (Phi) is 5.79. The smallest absolute Gasteiger partial charge is 0.414 e. The Morgan fingerprint density at radius 2 is 2.04 bits per heavy atom. The summed E-state index contributed by atoms with van der Waals surface area (Å²) in [7, 11) is 0. The number of nitriles is 1. The number of carbonyl (C=O) groups excluding carboxylic acids is 2. The van der Waals surface area contributed by atoms with Gasteiger partial charge in [0.25, 0.3) is 0 Å². The second-order valence-electron chi connectivity index (χ2n) is 7.56. The lowest BCUT2D eigenvalue weighted by molar-refractivity contribution is -0.149. The largest absolute Gasteiger partial charge is 0.491 e. The van der Waals surface area contributed by atoms with Crippen LogP contribution in [0.15, 0.2) is 36.9 Å². The molecule has 7 nitrogen and oxygen atoms in total. The first-order chi connectivity index (χ1) is 12.6. The minimum absolute atomic E-state index is 0.0208. The molecule has 0 spiro atoms. The van der Waals surface area contributed by atoms with Crippen LogP contribution in [-0.2, 0) is 14.3 Å². The van der Waals surface area contributed by atoms with Crippen molar-refractivity contribution < 1.29 is 23.8 Å². The highest BCUT2D eigenvalue weighted by atomic mass is 16.6. The van der Waals surface area contributed by atoms with Crippen molar-refractivity contribution in [2.45, 2.75) is 39.5 Å². The first-order valence-corrected chi connectivity index (χ1v) is 8.54. The molecule has 1 amide bonds. The first-order valence-electron chi connectivity index (χ1n) is 8.54. The van der Waals surface area contributed by atoms with Gasteiger partial charge in [-0.1, -0.05) is 33.4 Å². The molecule has 1 fully saturated rings.